The first-order valence-electron chi connectivity index (χ1n) is 10.7. The minimum absolute atomic E-state index is 0.178. The Morgan fingerprint density at radius 3 is 2.20 bits per heavy atom. The first kappa shape index (κ1) is 22.1. The Morgan fingerprint density at radius 2 is 1.57 bits per heavy atom. The third-order valence-electron chi connectivity index (χ3n) is 6.52. The van der Waals surface area contributed by atoms with E-state index < -0.39 is 0 Å². The summed E-state index contributed by atoms with van der Waals surface area (Å²) in [4.78, 5) is 11.5. The van der Waals surface area contributed by atoms with Crippen molar-refractivity contribution in [3.8, 4) is 11.1 Å². The van der Waals surface area contributed by atoms with Crippen molar-refractivity contribution in [2.24, 2.45) is 0 Å². The number of rotatable bonds is 4. The molecule has 0 spiro atoms. The largest absolute Gasteiger partial charge is 0.466 e. The highest BCUT2D eigenvalue weighted by Gasteiger charge is 2.37. The fourth-order valence-electron chi connectivity index (χ4n) is 4.41. The van der Waals surface area contributed by atoms with Crippen LogP contribution in [0, 0.1) is 6.92 Å². The molecule has 0 aromatic heterocycles. The third-order valence-corrected chi connectivity index (χ3v) is 6.52. The highest BCUT2D eigenvalue weighted by Crippen LogP contribution is 2.47. The van der Waals surface area contributed by atoms with E-state index in [2.05, 4.69) is 77.1 Å². The molecule has 0 amide bonds. The number of benzene rings is 2. The Morgan fingerprint density at radius 1 is 0.967 bits per heavy atom. The lowest BCUT2D eigenvalue weighted by Gasteiger charge is -2.42. The maximum Gasteiger partial charge on any atom is 0.330 e. The molecule has 0 heterocycles. The highest BCUT2D eigenvalue weighted by molar-refractivity contribution is 5.84. The van der Waals surface area contributed by atoms with Crippen molar-refractivity contribution in [1.29, 1.82) is 0 Å². The molecule has 0 unspecified atom stereocenters. The summed E-state index contributed by atoms with van der Waals surface area (Å²) >= 11 is 0. The number of hydrogen-bond donors (Lipinski definition) is 0. The fraction of sp³-hybridized carbons (Fsp3) is 0.393. The van der Waals surface area contributed by atoms with Crippen LogP contribution in [0.5, 0.6) is 0 Å². The number of hydrogen-bond acceptors (Lipinski definition) is 2. The molecule has 0 fully saturated rings. The highest BCUT2D eigenvalue weighted by atomic mass is 16.5. The van der Waals surface area contributed by atoms with Crippen LogP contribution in [-0.4, -0.2) is 13.1 Å². The second-order valence-electron chi connectivity index (χ2n) is 9.81. The molecule has 0 saturated carbocycles. The number of aryl methyl sites for hydroxylation is 1. The van der Waals surface area contributed by atoms with E-state index in [1.165, 1.54) is 53.8 Å². The molecule has 2 aromatic carbocycles. The van der Waals surface area contributed by atoms with E-state index in [1.54, 1.807) is 0 Å². The van der Waals surface area contributed by atoms with Crippen LogP contribution in [0.25, 0.3) is 17.2 Å². The average molecular weight is 403 g/mol. The van der Waals surface area contributed by atoms with E-state index in [0.29, 0.717) is 0 Å². The van der Waals surface area contributed by atoms with Crippen LogP contribution < -0.4 is 0 Å². The molecule has 2 nitrogen and oxygen atoms in total. The lowest BCUT2D eigenvalue weighted by Crippen LogP contribution is -2.34. The molecule has 2 aromatic rings. The van der Waals surface area contributed by atoms with Crippen molar-refractivity contribution in [2.75, 3.05) is 7.11 Å². The van der Waals surface area contributed by atoms with Gasteiger partial charge in [0.2, 0.25) is 0 Å². The van der Waals surface area contributed by atoms with Crippen molar-refractivity contribution in [3.63, 3.8) is 0 Å². The first-order chi connectivity index (χ1) is 14.0. The SMILES string of the molecule is COC(=O)/C=C(C)/C=C/c1ccccc1-c1cc2c(cc1C)C(C)(C)CCC2(C)C. The Hall–Kier alpha value is -2.61. The van der Waals surface area contributed by atoms with Crippen LogP contribution in [0.15, 0.2) is 54.1 Å². The summed E-state index contributed by atoms with van der Waals surface area (Å²) in [6, 6.07) is 13.3. The van der Waals surface area contributed by atoms with Gasteiger partial charge in [-0.2, -0.15) is 0 Å². The van der Waals surface area contributed by atoms with Crippen molar-refractivity contribution in [3.05, 3.63) is 76.4 Å². The predicted molar refractivity (Wildman–Crippen MR) is 127 cm³/mol. The van der Waals surface area contributed by atoms with E-state index in [1.807, 2.05) is 13.0 Å². The summed E-state index contributed by atoms with van der Waals surface area (Å²) in [5.41, 5.74) is 9.18. The van der Waals surface area contributed by atoms with E-state index in [0.717, 1.165) is 11.1 Å². The Labute approximate surface area is 181 Å². The monoisotopic (exact) mass is 402 g/mol. The van der Waals surface area contributed by atoms with Crippen LogP contribution in [0.3, 0.4) is 0 Å². The summed E-state index contributed by atoms with van der Waals surface area (Å²) in [7, 11) is 1.40. The molecule has 1 aliphatic rings. The van der Waals surface area contributed by atoms with E-state index in [-0.39, 0.29) is 16.8 Å². The summed E-state index contributed by atoms with van der Waals surface area (Å²) < 4.78 is 4.72. The molecule has 0 radical (unpaired) electrons. The van der Waals surface area contributed by atoms with Crippen molar-refractivity contribution in [2.45, 2.75) is 65.2 Å². The van der Waals surface area contributed by atoms with Gasteiger partial charge >= 0.3 is 5.97 Å². The van der Waals surface area contributed by atoms with Gasteiger partial charge in [-0.25, -0.2) is 4.79 Å². The molecule has 3 rings (SSSR count). The molecule has 0 bridgehead atoms. The van der Waals surface area contributed by atoms with Crippen molar-refractivity contribution in [1.82, 2.24) is 0 Å². The van der Waals surface area contributed by atoms with Crippen LogP contribution in [-0.2, 0) is 20.4 Å². The van der Waals surface area contributed by atoms with Gasteiger partial charge in [-0.1, -0.05) is 76.2 Å². The molecule has 1 aliphatic carbocycles. The van der Waals surface area contributed by atoms with Gasteiger partial charge in [0.15, 0.2) is 0 Å². The maximum atomic E-state index is 11.5. The van der Waals surface area contributed by atoms with Gasteiger partial charge in [0.25, 0.3) is 0 Å². The number of methoxy groups -OCH3 is 1. The number of ether oxygens (including phenoxy) is 1. The molecule has 158 valence electrons. The lowest BCUT2D eigenvalue weighted by molar-refractivity contribution is -0.134. The lowest BCUT2D eigenvalue weighted by atomic mass is 9.62. The average Bonchev–Trinajstić information content (AvgIpc) is 2.70. The Bertz CT molecular complexity index is 1020. The van der Waals surface area contributed by atoms with Crippen LogP contribution in [0.2, 0.25) is 0 Å². The standard InChI is InChI=1S/C28H34O2/c1-19(16-26(29)30-7)12-13-21-10-8-9-11-22(21)23-18-25-24(17-20(23)2)27(3,4)14-15-28(25,5)6/h8-13,16-18H,14-15H2,1-7H3/b13-12+,19-16+. The van der Waals surface area contributed by atoms with E-state index in [4.69, 9.17) is 4.74 Å². The van der Waals surface area contributed by atoms with Gasteiger partial charge in [0, 0.05) is 6.08 Å². The van der Waals surface area contributed by atoms with Gasteiger partial charge in [-0.05, 0) is 76.5 Å². The molecule has 0 N–H and O–H groups in total. The summed E-state index contributed by atoms with van der Waals surface area (Å²) in [5.74, 6) is -0.333. The van der Waals surface area contributed by atoms with Crippen LogP contribution >= 0.6 is 0 Å². The first-order valence-corrected chi connectivity index (χ1v) is 10.7. The molecule has 0 atom stereocenters. The molecule has 30 heavy (non-hydrogen) atoms. The molecular weight excluding hydrogens is 368 g/mol. The number of allylic oxidation sites excluding steroid dienone is 2. The Balaban J connectivity index is 2.10. The minimum atomic E-state index is -0.333. The number of esters is 1. The number of carbonyl (C=O) groups is 1. The third kappa shape index (κ3) is 4.43. The Kier molecular flexibility index (Phi) is 6.08. The summed E-state index contributed by atoms with van der Waals surface area (Å²) in [6.07, 6.45) is 7.98. The minimum Gasteiger partial charge on any atom is -0.466 e. The van der Waals surface area contributed by atoms with Crippen molar-refractivity contribution >= 4 is 12.0 Å². The van der Waals surface area contributed by atoms with Gasteiger partial charge in [0.05, 0.1) is 7.11 Å². The normalized spacial score (nSPS) is 17.6. The van der Waals surface area contributed by atoms with Gasteiger partial charge < -0.3 is 4.74 Å². The van der Waals surface area contributed by atoms with E-state index in [9.17, 15) is 4.79 Å². The fourth-order valence-corrected chi connectivity index (χ4v) is 4.41. The number of carbonyl (C=O) groups excluding carboxylic acids is 1. The summed E-state index contributed by atoms with van der Waals surface area (Å²) in [5, 5.41) is 0. The van der Waals surface area contributed by atoms with Crippen molar-refractivity contribution < 1.29 is 9.53 Å². The smallest absolute Gasteiger partial charge is 0.330 e. The van der Waals surface area contributed by atoms with Gasteiger partial charge in [-0.15, -0.1) is 0 Å². The van der Waals surface area contributed by atoms with Gasteiger partial charge in [-0.3, -0.25) is 0 Å². The quantitative estimate of drug-likeness (QED) is 0.308. The molecule has 2 heteroatoms. The molecule has 0 aliphatic heterocycles. The molecular formula is C28H34O2. The predicted octanol–water partition coefficient (Wildman–Crippen LogP) is 7.14. The zero-order valence-corrected chi connectivity index (χ0v) is 19.4. The van der Waals surface area contributed by atoms with E-state index >= 15 is 0 Å². The zero-order chi connectivity index (χ0) is 22.1. The summed E-state index contributed by atoms with van der Waals surface area (Å²) in [6.45, 7) is 13.6. The topological polar surface area (TPSA) is 26.3 Å². The molecule has 0 saturated heterocycles. The zero-order valence-electron chi connectivity index (χ0n) is 19.4. The maximum absolute atomic E-state index is 11.5. The van der Waals surface area contributed by atoms with Crippen LogP contribution in [0.1, 0.15) is 69.7 Å². The van der Waals surface area contributed by atoms with Crippen LogP contribution in [0.4, 0.5) is 0 Å². The van der Waals surface area contributed by atoms with Gasteiger partial charge in [0.1, 0.15) is 0 Å². The number of fused-ring (bicyclic) bond motifs is 1. The second-order valence-corrected chi connectivity index (χ2v) is 9.81. The second kappa shape index (κ2) is 8.26.